The molecule has 0 atom stereocenters. The van der Waals surface area contributed by atoms with Crippen LogP contribution in [0.3, 0.4) is 0 Å². The maximum atomic E-state index is 11.9. The Labute approximate surface area is 114 Å². The molecule has 4 heteroatoms. The molecular formula is C15H18N2O2. The first-order valence-corrected chi connectivity index (χ1v) is 6.32. The molecule has 4 nitrogen and oxygen atoms in total. The Kier molecular flexibility index (Phi) is 4.43. The number of hydrogen-bond donors (Lipinski definition) is 0. The Balaban J connectivity index is 1.97. The Morgan fingerprint density at radius 3 is 2.37 bits per heavy atom. The lowest BCUT2D eigenvalue weighted by atomic mass is 10.1. The van der Waals surface area contributed by atoms with E-state index >= 15 is 0 Å². The van der Waals surface area contributed by atoms with Gasteiger partial charge in [-0.3, -0.25) is 4.79 Å². The number of likely N-dealkylation sites (N-methyl/N-ethyl adjacent to an activating group) is 1. The number of Topliss-reactive ketones (excluding diaryl/α,β-unsaturated/α-hetero) is 1. The zero-order chi connectivity index (χ0) is 13.7. The lowest BCUT2D eigenvalue weighted by Gasteiger charge is -2.29. The van der Waals surface area contributed by atoms with E-state index in [-0.39, 0.29) is 5.78 Å². The first kappa shape index (κ1) is 13.4. The number of carbonyl (C=O) groups is 1. The minimum absolute atomic E-state index is 0.151. The number of ether oxygens (including phenoxy) is 1. The fourth-order valence-electron chi connectivity index (χ4n) is 1.86. The second kappa shape index (κ2) is 6.26. The van der Waals surface area contributed by atoms with Gasteiger partial charge in [0.25, 0.3) is 0 Å². The molecule has 19 heavy (non-hydrogen) atoms. The van der Waals surface area contributed by atoms with Crippen LogP contribution in [-0.2, 0) is 0 Å². The van der Waals surface area contributed by atoms with E-state index in [0.717, 1.165) is 31.9 Å². The number of carbonyl (C=O) groups excluding carboxylic acids is 1. The maximum Gasteiger partial charge on any atom is 0.237 e. The number of ketones is 1. The van der Waals surface area contributed by atoms with E-state index in [9.17, 15) is 4.79 Å². The van der Waals surface area contributed by atoms with Crippen molar-refractivity contribution in [3.05, 3.63) is 29.8 Å². The van der Waals surface area contributed by atoms with Gasteiger partial charge in [0.2, 0.25) is 5.78 Å². The molecule has 0 aliphatic carbocycles. The SMILES string of the molecule is COc1ccc(C(=O)C#CN2CCN(C)CC2)cc1. The monoisotopic (exact) mass is 258 g/mol. The molecule has 2 rings (SSSR count). The van der Waals surface area contributed by atoms with Crippen molar-refractivity contribution in [2.45, 2.75) is 0 Å². The van der Waals surface area contributed by atoms with Gasteiger partial charge in [0.15, 0.2) is 0 Å². The molecule has 1 aliphatic rings. The van der Waals surface area contributed by atoms with Crippen LogP contribution < -0.4 is 4.74 Å². The lowest BCUT2D eigenvalue weighted by Crippen LogP contribution is -2.42. The standard InChI is InChI=1S/C15H18N2O2/c1-16-9-11-17(12-10-16)8-7-15(18)13-3-5-14(19-2)6-4-13/h3-6H,9-12H2,1-2H3. The lowest BCUT2D eigenvalue weighted by molar-refractivity contribution is 0.105. The smallest absolute Gasteiger partial charge is 0.237 e. The molecule has 0 amide bonds. The van der Waals surface area contributed by atoms with Crippen LogP contribution in [0.1, 0.15) is 10.4 Å². The number of rotatable bonds is 2. The summed E-state index contributed by atoms with van der Waals surface area (Å²) >= 11 is 0. The minimum Gasteiger partial charge on any atom is -0.497 e. The molecule has 0 spiro atoms. The third kappa shape index (κ3) is 3.73. The van der Waals surface area contributed by atoms with Crippen LogP contribution in [0.15, 0.2) is 24.3 Å². The summed E-state index contributed by atoms with van der Waals surface area (Å²) in [5.41, 5.74) is 0.599. The number of hydrogen-bond acceptors (Lipinski definition) is 4. The molecule has 100 valence electrons. The molecule has 1 heterocycles. The van der Waals surface area contributed by atoms with Crippen molar-refractivity contribution in [2.75, 3.05) is 40.3 Å². The summed E-state index contributed by atoms with van der Waals surface area (Å²) in [6, 6.07) is 9.95. The molecule has 0 aromatic heterocycles. The van der Waals surface area contributed by atoms with Crippen LogP contribution in [0, 0.1) is 12.0 Å². The highest BCUT2D eigenvalue weighted by Gasteiger charge is 2.10. The molecule has 1 aromatic rings. The van der Waals surface area contributed by atoms with Gasteiger partial charge in [-0.2, -0.15) is 0 Å². The molecule has 1 aromatic carbocycles. The summed E-state index contributed by atoms with van der Waals surface area (Å²) in [6.45, 7) is 3.76. The summed E-state index contributed by atoms with van der Waals surface area (Å²) in [7, 11) is 3.69. The van der Waals surface area contributed by atoms with Crippen LogP contribution in [0.2, 0.25) is 0 Å². The van der Waals surface area contributed by atoms with Crippen molar-refractivity contribution in [3.63, 3.8) is 0 Å². The highest BCUT2D eigenvalue weighted by atomic mass is 16.5. The predicted molar refractivity (Wildman–Crippen MR) is 74.2 cm³/mol. The molecule has 1 saturated heterocycles. The second-order valence-electron chi connectivity index (χ2n) is 4.58. The van der Waals surface area contributed by atoms with Crippen molar-refractivity contribution in [3.8, 4) is 17.7 Å². The Morgan fingerprint density at radius 1 is 1.16 bits per heavy atom. The molecule has 0 bridgehead atoms. The van der Waals surface area contributed by atoms with Crippen LogP contribution in [-0.4, -0.2) is 55.9 Å². The van der Waals surface area contributed by atoms with E-state index in [1.54, 1.807) is 31.4 Å². The molecule has 1 fully saturated rings. The number of benzene rings is 1. The Morgan fingerprint density at radius 2 is 1.79 bits per heavy atom. The average molecular weight is 258 g/mol. The van der Waals surface area contributed by atoms with E-state index in [1.165, 1.54) is 0 Å². The van der Waals surface area contributed by atoms with Crippen molar-refractivity contribution >= 4 is 5.78 Å². The first-order valence-electron chi connectivity index (χ1n) is 6.32. The van der Waals surface area contributed by atoms with E-state index in [2.05, 4.69) is 23.9 Å². The normalized spacial score (nSPS) is 15.6. The second-order valence-corrected chi connectivity index (χ2v) is 4.58. The van der Waals surface area contributed by atoms with Crippen molar-refractivity contribution < 1.29 is 9.53 Å². The molecule has 0 unspecified atom stereocenters. The van der Waals surface area contributed by atoms with Gasteiger partial charge in [-0.25, -0.2) is 0 Å². The van der Waals surface area contributed by atoms with Crippen molar-refractivity contribution in [1.82, 2.24) is 9.80 Å². The summed E-state index contributed by atoms with van der Waals surface area (Å²) in [5, 5.41) is 0. The number of piperazine rings is 1. The van der Waals surface area contributed by atoms with Gasteiger partial charge in [-0.1, -0.05) is 0 Å². The van der Waals surface area contributed by atoms with Gasteiger partial charge < -0.3 is 14.5 Å². The van der Waals surface area contributed by atoms with Crippen molar-refractivity contribution in [2.24, 2.45) is 0 Å². The molecule has 1 aliphatic heterocycles. The summed E-state index contributed by atoms with van der Waals surface area (Å²) in [4.78, 5) is 16.2. The number of methoxy groups -OCH3 is 1. The minimum atomic E-state index is -0.151. The highest BCUT2D eigenvalue weighted by Crippen LogP contribution is 2.11. The fraction of sp³-hybridized carbons (Fsp3) is 0.400. The number of nitrogens with zero attached hydrogens (tertiary/aromatic N) is 2. The van der Waals surface area contributed by atoms with Gasteiger partial charge in [0.1, 0.15) is 5.75 Å². The van der Waals surface area contributed by atoms with E-state index < -0.39 is 0 Å². The summed E-state index contributed by atoms with van der Waals surface area (Å²) in [5.74, 6) is 3.29. The third-order valence-electron chi connectivity index (χ3n) is 3.18. The zero-order valence-corrected chi connectivity index (χ0v) is 11.3. The maximum absolute atomic E-state index is 11.9. The Bertz CT molecular complexity index is 491. The largest absolute Gasteiger partial charge is 0.497 e. The van der Waals surface area contributed by atoms with Gasteiger partial charge in [0.05, 0.1) is 7.11 Å². The van der Waals surface area contributed by atoms with Crippen LogP contribution in [0.5, 0.6) is 5.75 Å². The predicted octanol–water partition coefficient (Wildman–Crippen LogP) is 1.09. The van der Waals surface area contributed by atoms with Crippen molar-refractivity contribution in [1.29, 1.82) is 0 Å². The van der Waals surface area contributed by atoms with E-state index in [4.69, 9.17) is 4.74 Å². The topological polar surface area (TPSA) is 32.8 Å². The van der Waals surface area contributed by atoms with Gasteiger partial charge in [-0.05, 0) is 37.2 Å². The van der Waals surface area contributed by atoms with Crippen LogP contribution >= 0.6 is 0 Å². The highest BCUT2D eigenvalue weighted by molar-refractivity contribution is 6.08. The Hall–Kier alpha value is -1.99. The third-order valence-corrected chi connectivity index (χ3v) is 3.18. The average Bonchev–Trinajstić information content (AvgIpc) is 2.46. The van der Waals surface area contributed by atoms with Crippen LogP contribution in [0.25, 0.3) is 0 Å². The molecule has 0 N–H and O–H groups in total. The van der Waals surface area contributed by atoms with E-state index in [1.807, 2.05) is 4.90 Å². The quantitative estimate of drug-likeness (QED) is 0.587. The fourth-order valence-corrected chi connectivity index (χ4v) is 1.86. The molecule has 0 saturated carbocycles. The van der Waals surface area contributed by atoms with Gasteiger partial charge >= 0.3 is 0 Å². The first-order chi connectivity index (χ1) is 9.19. The zero-order valence-electron chi connectivity index (χ0n) is 11.3. The van der Waals surface area contributed by atoms with Gasteiger partial charge in [0, 0.05) is 37.8 Å². The summed E-state index contributed by atoms with van der Waals surface area (Å²) < 4.78 is 5.05. The molecular weight excluding hydrogens is 240 g/mol. The summed E-state index contributed by atoms with van der Waals surface area (Å²) in [6.07, 6.45) is 0. The van der Waals surface area contributed by atoms with E-state index in [0.29, 0.717) is 5.56 Å². The molecule has 0 radical (unpaired) electrons. The van der Waals surface area contributed by atoms with Gasteiger partial charge in [-0.15, -0.1) is 0 Å². The van der Waals surface area contributed by atoms with Crippen LogP contribution in [0.4, 0.5) is 0 Å².